The van der Waals surface area contributed by atoms with Crippen LogP contribution in [-0.4, -0.2) is 66.8 Å². The van der Waals surface area contributed by atoms with Gasteiger partial charge in [0.15, 0.2) is 5.78 Å². The minimum absolute atomic E-state index is 0.0224. The van der Waals surface area contributed by atoms with Crippen molar-refractivity contribution in [3.8, 4) is 0 Å². The summed E-state index contributed by atoms with van der Waals surface area (Å²) in [5, 5.41) is 37.3. The molecule has 23 heavy (non-hydrogen) atoms. The zero-order chi connectivity index (χ0) is 17.6. The molecule has 0 aliphatic carbocycles. The molecule has 0 aliphatic heterocycles. The van der Waals surface area contributed by atoms with E-state index in [0.29, 0.717) is 0 Å². The van der Waals surface area contributed by atoms with E-state index in [1.807, 2.05) is 4.98 Å². The molecule has 0 aromatic carbocycles. The molecule has 0 saturated carbocycles. The zero-order valence-corrected chi connectivity index (χ0v) is 13.0. The van der Waals surface area contributed by atoms with Gasteiger partial charge in [0.1, 0.15) is 12.2 Å². The van der Waals surface area contributed by atoms with Crippen LogP contribution in [0.15, 0.2) is 20.7 Å². The maximum atomic E-state index is 11.8. The van der Waals surface area contributed by atoms with E-state index < -0.39 is 36.2 Å². The highest BCUT2D eigenvalue weighted by atomic mass is 32.2. The van der Waals surface area contributed by atoms with Crippen molar-refractivity contribution < 1.29 is 25.2 Å². The Labute approximate surface area is 134 Å². The number of aliphatic hydroxyl groups is 4. The number of carbonyl (C=O) groups is 1. The van der Waals surface area contributed by atoms with Gasteiger partial charge >= 0.3 is 5.69 Å². The Morgan fingerprint density at radius 3 is 2.43 bits per heavy atom. The third kappa shape index (κ3) is 5.77. The lowest BCUT2D eigenvalue weighted by molar-refractivity contribution is -0.112. The number of rotatable bonds is 8. The van der Waals surface area contributed by atoms with Gasteiger partial charge in [-0.05, 0) is 19.1 Å². The van der Waals surface area contributed by atoms with Crippen LogP contribution in [0.1, 0.15) is 12.5 Å². The Morgan fingerprint density at radius 2 is 1.87 bits per heavy atom. The Balaban J connectivity index is 2.97. The third-order valence-corrected chi connectivity index (χ3v) is 3.92. The third-order valence-electron chi connectivity index (χ3n) is 2.80. The zero-order valence-electron chi connectivity index (χ0n) is 12.2. The second-order valence-corrected chi connectivity index (χ2v) is 5.74. The van der Waals surface area contributed by atoms with Crippen molar-refractivity contribution in [1.82, 2.24) is 9.97 Å². The maximum absolute atomic E-state index is 11.8. The summed E-state index contributed by atoms with van der Waals surface area (Å²) in [5.74, 6) is -0.466. The van der Waals surface area contributed by atoms with Crippen molar-refractivity contribution in [3.63, 3.8) is 0 Å². The number of allylic oxidation sites excluding steroid dienone is 1. The molecule has 1 aromatic heterocycles. The fourth-order valence-electron chi connectivity index (χ4n) is 1.57. The number of thioether (sulfide) groups is 1. The minimum atomic E-state index is -1.59. The lowest BCUT2D eigenvalue weighted by Gasteiger charge is -2.21. The van der Waals surface area contributed by atoms with Gasteiger partial charge in [-0.15, -0.1) is 11.8 Å². The molecule has 1 heterocycles. The highest BCUT2D eigenvalue weighted by Crippen LogP contribution is 2.20. The normalized spacial score (nSPS) is 15.5. The molecule has 0 bridgehead atoms. The topological polar surface area (TPSA) is 164 Å². The molecule has 3 atom stereocenters. The van der Waals surface area contributed by atoms with Crippen LogP contribution in [0.25, 0.3) is 6.08 Å². The van der Waals surface area contributed by atoms with Crippen molar-refractivity contribution in [2.24, 2.45) is 0 Å². The minimum Gasteiger partial charge on any atom is -0.394 e. The molecule has 0 amide bonds. The predicted molar refractivity (Wildman–Crippen MR) is 83.2 cm³/mol. The van der Waals surface area contributed by atoms with Gasteiger partial charge in [0.2, 0.25) is 0 Å². The predicted octanol–water partition coefficient (Wildman–Crippen LogP) is -2.17. The Morgan fingerprint density at radius 1 is 1.22 bits per heavy atom. The van der Waals surface area contributed by atoms with Gasteiger partial charge in [-0.3, -0.25) is 14.6 Å². The summed E-state index contributed by atoms with van der Waals surface area (Å²) >= 11 is 0.851. The van der Waals surface area contributed by atoms with Crippen LogP contribution in [-0.2, 0) is 4.79 Å². The van der Waals surface area contributed by atoms with Crippen molar-refractivity contribution >= 4 is 23.6 Å². The first kappa shape index (κ1) is 19.3. The van der Waals surface area contributed by atoms with Gasteiger partial charge in [-0.25, -0.2) is 4.79 Å². The first-order chi connectivity index (χ1) is 10.8. The summed E-state index contributed by atoms with van der Waals surface area (Å²) in [7, 11) is 0. The average molecular weight is 346 g/mol. The fourth-order valence-corrected chi connectivity index (χ4v) is 2.59. The first-order valence-electron chi connectivity index (χ1n) is 6.59. The van der Waals surface area contributed by atoms with Crippen LogP contribution in [0.4, 0.5) is 0 Å². The van der Waals surface area contributed by atoms with Crippen LogP contribution in [0.3, 0.4) is 0 Å². The first-order valence-corrected chi connectivity index (χ1v) is 7.58. The van der Waals surface area contributed by atoms with E-state index in [1.165, 1.54) is 13.0 Å². The number of hydrogen-bond donors (Lipinski definition) is 6. The molecule has 1 aromatic rings. The number of ketones is 1. The lowest BCUT2D eigenvalue weighted by Crippen LogP contribution is -2.40. The van der Waals surface area contributed by atoms with Gasteiger partial charge in [0, 0.05) is 5.75 Å². The summed E-state index contributed by atoms with van der Waals surface area (Å²) in [4.78, 5) is 38.4. The van der Waals surface area contributed by atoms with Crippen molar-refractivity contribution in [3.05, 3.63) is 32.5 Å². The van der Waals surface area contributed by atoms with Crippen molar-refractivity contribution in [2.45, 2.75) is 30.3 Å². The lowest BCUT2D eigenvalue weighted by atomic mass is 10.1. The molecule has 128 valence electrons. The standard InChI is InChI=1S/C13H18N2O7S/c1-6(17)2-3-7-11(21)14-13(22)15-12(7)23-5-9(19)10(20)8(18)4-16/h2-3,8-10,16,18-20H,4-5H2,1H3,(H2,14,15,21,22). The molecule has 9 nitrogen and oxygen atoms in total. The molecule has 0 radical (unpaired) electrons. The summed E-state index contributed by atoms with van der Waals surface area (Å²) in [6, 6.07) is 0. The summed E-state index contributed by atoms with van der Waals surface area (Å²) in [6.45, 7) is 0.566. The maximum Gasteiger partial charge on any atom is 0.326 e. The average Bonchev–Trinajstić information content (AvgIpc) is 2.49. The molecular formula is C13H18N2O7S. The smallest absolute Gasteiger partial charge is 0.326 e. The summed E-state index contributed by atoms with van der Waals surface area (Å²) in [5.41, 5.74) is -1.45. The molecule has 0 spiro atoms. The Bertz CT molecular complexity index is 682. The van der Waals surface area contributed by atoms with E-state index in [1.54, 1.807) is 0 Å². The molecular weight excluding hydrogens is 328 g/mol. The number of aromatic nitrogens is 2. The number of H-pyrrole nitrogens is 2. The fraction of sp³-hybridized carbons (Fsp3) is 0.462. The summed E-state index contributed by atoms with van der Waals surface area (Å²) in [6.07, 6.45) is -2.13. The van der Waals surface area contributed by atoms with E-state index in [4.69, 9.17) is 5.11 Å². The Kier molecular flexibility index (Phi) is 7.39. The second-order valence-electron chi connectivity index (χ2n) is 4.71. The van der Waals surface area contributed by atoms with E-state index in [0.717, 1.165) is 17.8 Å². The van der Waals surface area contributed by atoms with E-state index in [9.17, 15) is 29.7 Å². The van der Waals surface area contributed by atoms with E-state index >= 15 is 0 Å². The van der Waals surface area contributed by atoms with Crippen LogP contribution in [0, 0.1) is 0 Å². The number of aromatic amines is 2. The highest BCUT2D eigenvalue weighted by Gasteiger charge is 2.24. The van der Waals surface area contributed by atoms with Gasteiger partial charge in [0.25, 0.3) is 5.56 Å². The van der Waals surface area contributed by atoms with Crippen molar-refractivity contribution in [1.29, 1.82) is 0 Å². The molecule has 0 aliphatic rings. The largest absolute Gasteiger partial charge is 0.394 e. The molecule has 10 heteroatoms. The van der Waals surface area contributed by atoms with Crippen LogP contribution < -0.4 is 11.2 Å². The number of aliphatic hydroxyl groups excluding tert-OH is 4. The number of nitrogens with one attached hydrogen (secondary N) is 2. The monoisotopic (exact) mass is 346 g/mol. The molecule has 3 unspecified atom stereocenters. The molecule has 0 fully saturated rings. The summed E-state index contributed by atoms with van der Waals surface area (Å²) < 4.78 is 0. The molecule has 0 saturated heterocycles. The van der Waals surface area contributed by atoms with E-state index in [2.05, 4.69) is 4.98 Å². The number of carbonyl (C=O) groups excluding carboxylic acids is 1. The van der Waals surface area contributed by atoms with E-state index in [-0.39, 0.29) is 22.1 Å². The van der Waals surface area contributed by atoms with Gasteiger partial charge < -0.3 is 25.4 Å². The van der Waals surface area contributed by atoms with Crippen LogP contribution in [0.5, 0.6) is 0 Å². The van der Waals surface area contributed by atoms with Crippen LogP contribution in [0.2, 0.25) is 0 Å². The Hall–Kier alpha value is -1.72. The van der Waals surface area contributed by atoms with Crippen molar-refractivity contribution in [2.75, 3.05) is 12.4 Å². The van der Waals surface area contributed by atoms with Gasteiger partial charge in [0.05, 0.1) is 23.3 Å². The van der Waals surface area contributed by atoms with Gasteiger partial charge in [-0.2, -0.15) is 0 Å². The molecule has 1 rings (SSSR count). The van der Waals surface area contributed by atoms with Crippen LogP contribution >= 0.6 is 11.8 Å². The number of hydrogen-bond acceptors (Lipinski definition) is 8. The molecule has 6 N–H and O–H groups in total. The quantitative estimate of drug-likeness (QED) is 0.176. The second kappa shape index (κ2) is 8.79. The van der Waals surface area contributed by atoms with Gasteiger partial charge in [-0.1, -0.05) is 0 Å². The SMILES string of the molecule is CC(=O)C=Cc1c(SCC(O)C(O)C(O)CO)[nH]c(=O)[nH]c1=O. The highest BCUT2D eigenvalue weighted by molar-refractivity contribution is 7.99.